The maximum Gasteiger partial charge on any atom is 0.243 e. The Morgan fingerprint density at radius 3 is 2.76 bits per heavy atom. The smallest absolute Gasteiger partial charge is 0.243 e. The molecule has 1 saturated heterocycles. The first kappa shape index (κ1) is 16.8. The maximum atomic E-state index is 12.9. The first-order valence-corrected chi connectivity index (χ1v) is 10.0. The van der Waals surface area contributed by atoms with Crippen LogP contribution in [0, 0.1) is 0 Å². The van der Waals surface area contributed by atoms with Crippen LogP contribution >= 0.6 is 11.8 Å². The fraction of sp³-hybridized carbons (Fsp3) is 0.600. The summed E-state index contributed by atoms with van der Waals surface area (Å²) in [6.07, 6.45) is 0.927. The first-order valence-electron chi connectivity index (χ1n) is 7.41. The van der Waals surface area contributed by atoms with Gasteiger partial charge in [-0.2, -0.15) is 16.1 Å². The van der Waals surface area contributed by atoms with Crippen LogP contribution in [0.4, 0.5) is 0 Å². The van der Waals surface area contributed by atoms with Crippen LogP contribution in [0.2, 0.25) is 0 Å². The van der Waals surface area contributed by atoms with Gasteiger partial charge in [0, 0.05) is 31.4 Å². The van der Waals surface area contributed by atoms with E-state index in [1.54, 1.807) is 16.4 Å². The first-order chi connectivity index (χ1) is 10.0. The van der Waals surface area contributed by atoms with Crippen molar-refractivity contribution in [1.82, 2.24) is 9.62 Å². The molecule has 1 aliphatic heterocycles. The molecule has 0 saturated carbocycles. The average molecular weight is 329 g/mol. The van der Waals surface area contributed by atoms with Crippen molar-refractivity contribution in [1.29, 1.82) is 0 Å². The predicted octanol–water partition coefficient (Wildman–Crippen LogP) is 2.31. The third-order valence-electron chi connectivity index (χ3n) is 3.47. The minimum Gasteiger partial charge on any atom is -0.310 e. The zero-order chi connectivity index (χ0) is 15.3. The molecule has 6 heteroatoms. The van der Waals surface area contributed by atoms with E-state index in [1.807, 2.05) is 23.9 Å². The van der Waals surface area contributed by atoms with Gasteiger partial charge in [0.1, 0.15) is 0 Å². The molecular weight excluding hydrogens is 304 g/mol. The molecule has 1 aromatic carbocycles. The molecule has 0 radical (unpaired) electrons. The molecule has 0 aromatic heterocycles. The summed E-state index contributed by atoms with van der Waals surface area (Å²) in [7, 11) is -3.38. The Hall–Kier alpha value is -0.560. The quantitative estimate of drug-likeness (QED) is 0.901. The van der Waals surface area contributed by atoms with Gasteiger partial charge < -0.3 is 5.32 Å². The number of nitrogens with one attached hydrogen (secondary N) is 1. The van der Waals surface area contributed by atoms with Crippen molar-refractivity contribution in [2.45, 2.75) is 37.8 Å². The fourth-order valence-electron chi connectivity index (χ4n) is 2.32. The van der Waals surface area contributed by atoms with Gasteiger partial charge >= 0.3 is 0 Å². The lowest BCUT2D eigenvalue weighted by Crippen LogP contribution is -2.34. The maximum absolute atomic E-state index is 12.9. The van der Waals surface area contributed by atoms with E-state index in [1.165, 1.54) is 0 Å². The highest BCUT2D eigenvalue weighted by atomic mass is 32.2. The fourth-order valence-corrected chi connectivity index (χ4v) is 5.02. The third-order valence-corrected chi connectivity index (χ3v) is 6.52. The number of sulfonamides is 1. The van der Waals surface area contributed by atoms with Crippen LogP contribution in [0.3, 0.4) is 0 Å². The van der Waals surface area contributed by atoms with Gasteiger partial charge in [-0.15, -0.1) is 0 Å². The predicted molar refractivity (Wildman–Crippen MR) is 89.1 cm³/mol. The zero-order valence-electron chi connectivity index (χ0n) is 12.7. The van der Waals surface area contributed by atoms with E-state index in [0.717, 1.165) is 23.5 Å². The monoisotopic (exact) mass is 328 g/mol. The van der Waals surface area contributed by atoms with E-state index in [0.29, 0.717) is 30.6 Å². The highest BCUT2D eigenvalue weighted by Gasteiger charge is 2.27. The largest absolute Gasteiger partial charge is 0.310 e. The van der Waals surface area contributed by atoms with E-state index in [2.05, 4.69) is 19.2 Å². The van der Waals surface area contributed by atoms with E-state index in [9.17, 15) is 8.42 Å². The number of rotatable bonds is 5. The number of nitrogens with zero attached hydrogens (tertiary/aromatic N) is 1. The van der Waals surface area contributed by atoms with Gasteiger partial charge in [-0.3, -0.25) is 0 Å². The molecule has 0 unspecified atom stereocenters. The van der Waals surface area contributed by atoms with Crippen molar-refractivity contribution in [3.63, 3.8) is 0 Å². The van der Waals surface area contributed by atoms with Crippen molar-refractivity contribution >= 4 is 21.8 Å². The molecule has 1 aliphatic rings. The Morgan fingerprint density at radius 2 is 2.00 bits per heavy atom. The Balaban J connectivity index is 2.26. The van der Waals surface area contributed by atoms with Gasteiger partial charge in [0.15, 0.2) is 0 Å². The molecule has 0 amide bonds. The second-order valence-corrected chi connectivity index (χ2v) is 8.64. The van der Waals surface area contributed by atoms with Crippen molar-refractivity contribution in [3.05, 3.63) is 29.8 Å². The van der Waals surface area contributed by atoms with Gasteiger partial charge in [0.2, 0.25) is 10.0 Å². The van der Waals surface area contributed by atoms with Crippen molar-refractivity contribution in [2.24, 2.45) is 0 Å². The second-order valence-electron chi connectivity index (χ2n) is 5.51. The molecule has 0 aliphatic carbocycles. The van der Waals surface area contributed by atoms with Crippen molar-refractivity contribution in [3.8, 4) is 0 Å². The summed E-state index contributed by atoms with van der Waals surface area (Å²) in [5, 5.41) is 3.30. The van der Waals surface area contributed by atoms with Gasteiger partial charge in [-0.05, 0) is 23.8 Å². The van der Waals surface area contributed by atoms with E-state index in [4.69, 9.17) is 0 Å². The molecule has 0 bridgehead atoms. The molecule has 1 N–H and O–H groups in total. The molecule has 2 rings (SSSR count). The summed E-state index contributed by atoms with van der Waals surface area (Å²) in [4.78, 5) is 0.449. The Labute approximate surface area is 132 Å². The summed E-state index contributed by atoms with van der Waals surface area (Å²) < 4.78 is 27.4. The van der Waals surface area contributed by atoms with Crippen LogP contribution in [-0.2, 0) is 16.6 Å². The molecule has 21 heavy (non-hydrogen) atoms. The lowest BCUT2D eigenvalue weighted by atomic mass is 10.2. The topological polar surface area (TPSA) is 49.4 Å². The SMILES string of the molecule is CC(C)NCc1ccccc1S(=O)(=O)N1CCCSCC1. The number of thioether (sulfide) groups is 1. The summed E-state index contributed by atoms with van der Waals surface area (Å²) in [6, 6.07) is 7.65. The standard InChI is InChI=1S/C15H24N2O2S2/c1-13(2)16-12-14-6-3-4-7-15(14)21(18,19)17-8-5-10-20-11-9-17/h3-4,6-7,13,16H,5,8-12H2,1-2H3. The summed E-state index contributed by atoms with van der Waals surface area (Å²) in [5.41, 5.74) is 0.850. The zero-order valence-corrected chi connectivity index (χ0v) is 14.3. The Kier molecular flexibility index (Phi) is 6.10. The van der Waals surface area contributed by atoms with Crippen LogP contribution in [0.15, 0.2) is 29.2 Å². The molecule has 118 valence electrons. The van der Waals surface area contributed by atoms with Gasteiger partial charge in [0.05, 0.1) is 4.90 Å². The average Bonchev–Trinajstić information content (AvgIpc) is 2.75. The van der Waals surface area contributed by atoms with Crippen molar-refractivity contribution < 1.29 is 8.42 Å². The van der Waals surface area contributed by atoms with Gasteiger partial charge in [-0.25, -0.2) is 8.42 Å². The Morgan fingerprint density at radius 1 is 1.24 bits per heavy atom. The highest BCUT2D eigenvalue weighted by molar-refractivity contribution is 7.99. The van der Waals surface area contributed by atoms with Crippen LogP contribution in [0.5, 0.6) is 0 Å². The lowest BCUT2D eigenvalue weighted by molar-refractivity contribution is 0.434. The number of hydrogen-bond acceptors (Lipinski definition) is 4. The highest BCUT2D eigenvalue weighted by Crippen LogP contribution is 2.23. The van der Waals surface area contributed by atoms with E-state index < -0.39 is 10.0 Å². The number of hydrogen-bond donors (Lipinski definition) is 1. The molecule has 1 aromatic rings. The normalized spacial score (nSPS) is 17.9. The van der Waals surface area contributed by atoms with E-state index >= 15 is 0 Å². The molecule has 0 atom stereocenters. The molecular formula is C15H24N2O2S2. The lowest BCUT2D eigenvalue weighted by Gasteiger charge is -2.22. The van der Waals surface area contributed by atoms with E-state index in [-0.39, 0.29) is 0 Å². The minimum atomic E-state index is -3.38. The van der Waals surface area contributed by atoms with Crippen LogP contribution in [-0.4, -0.2) is 43.4 Å². The van der Waals surface area contributed by atoms with Gasteiger partial charge in [0.25, 0.3) is 0 Å². The summed E-state index contributed by atoms with van der Waals surface area (Å²) in [5.74, 6) is 1.92. The molecule has 1 heterocycles. The summed E-state index contributed by atoms with van der Waals surface area (Å²) >= 11 is 1.83. The molecule has 1 fully saturated rings. The van der Waals surface area contributed by atoms with Gasteiger partial charge in [-0.1, -0.05) is 32.0 Å². The molecule has 4 nitrogen and oxygen atoms in total. The second kappa shape index (κ2) is 7.63. The Bertz CT molecular complexity index is 551. The van der Waals surface area contributed by atoms with Crippen molar-refractivity contribution in [2.75, 3.05) is 24.6 Å². The van der Waals surface area contributed by atoms with Crippen LogP contribution in [0.25, 0.3) is 0 Å². The number of benzene rings is 1. The van der Waals surface area contributed by atoms with Crippen LogP contribution in [0.1, 0.15) is 25.8 Å². The summed E-state index contributed by atoms with van der Waals surface area (Å²) in [6.45, 7) is 5.93. The third kappa shape index (κ3) is 4.45. The molecule has 0 spiro atoms. The minimum absolute atomic E-state index is 0.329. The van der Waals surface area contributed by atoms with Crippen LogP contribution < -0.4 is 5.32 Å².